The number of ether oxygens (including phenoxy) is 1. The third-order valence-corrected chi connectivity index (χ3v) is 5.13. The van der Waals surface area contributed by atoms with Crippen LogP contribution < -0.4 is 0 Å². The van der Waals surface area contributed by atoms with Crippen LogP contribution in [0.1, 0.15) is 13.8 Å². The van der Waals surface area contributed by atoms with Crippen molar-refractivity contribution < 1.29 is 22.4 Å². The van der Waals surface area contributed by atoms with Crippen molar-refractivity contribution in [1.82, 2.24) is 0 Å². The van der Waals surface area contributed by atoms with Crippen LogP contribution in [-0.2, 0) is 19.4 Å². The standard InChI is InChI=1S/C15H16O5S/c1-3-19-15(16)11(2)21(17,18)13-8-6-12(7-9-13)14-5-4-10-20-14/h4-11H,3H2,1-2H3. The number of hydrogen-bond acceptors (Lipinski definition) is 5. The van der Waals surface area contributed by atoms with E-state index in [4.69, 9.17) is 9.15 Å². The maximum Gasteiger partial charge on any atom is 0.324 e. The van der Waals surface area contributed by atoms with Gasteiger partial charge in [-0.25, -0.2) is 8.42 Å². The molecule has 1 heterocycles. The topological polar surface area (TPSA) is 73.6 Å². The molecule has 0 aliphatic rings. The van der Waals surface area contributed by atoms with Crippen molar-refractivity contribution in [3.8, 4) is 11.3 Å². The first kappa shape index (κ1) is 15.3. The molecule has 1 atom stereocenters. The van der Waals surface area contributed by atoms with E-state index in [1.54, 1.807) is 37.5 Å². The maximum atomic E-state index is 12.3. The van der Waals surface area contributed by atoms with Gasteiger partial charge in [0.1, 0.15) is 5.76 Å². The van der Waals surface area contributed by atoms with Gasteiger partial charge in [0.25, 0.3) is 0 Å². The average molecular weight is 308 g/mol. The predicted octanol–water partition coefficient (Wildman–Crippen LogP) is 2.67. The van der Waals surface area contributed by atoms with E-state index < -0.39 is 21.1 Å². The second-order valence-electron chi connectivity index (χ2n) is 4.44. The molecule has 2 rings (SSSR count). The van der Waals surface area contributed by atoms with E-state index >= 15 is 0 Å². The molecule has 5 nitrogen and oxygen atoms in total. The zero-order chi connectivity index (χ0) is 15.5. The minimum Gasteiger partial charge on any atom is -0.465 e. The third-order valence-electron chi connectivity index (χ3n) is 3.07. The molecule has 0 N–H and O–H groups in total. The van der Waals surface area contributed by atoms with Gasteiger partial charge < -0.3 is 9.15 Å². The molecule has 1 aromatic carbocycles. The quantitative estimate of drug-likeness (QED) is 0.794. The summed E-state index contributed by atoms with van der Waals surface area (Å²) in [5.74, 6) is -0.0926. The number of furan rings is 1. The Bertz CT molecular complexity index is 699. The van der Waals surface area contributed by atoms with Gasteiger partial charge in [0.2, 0.25) is 0 Å². The molecule has 1 aromatic heterocycles. The fourth-order valence-corrected chi connectivity index (χ4v) is 3.09. The summed E-state index contributed by atoms with van der Waals surface area (Å²) in [6.45, 7) is 3.11. The summed E-state index contributed by atoms with van der Waals surface area (Å²) in [4.78, 5) is 11.7. The lowest BCUT2D eigenvalue weighted by Gasteiger charge is -2.12. The molecule has 0 spiro atoms. The molecule has 0 saturated heterocycles. The highest BCUT2D eigenvalue weighted by atomic mass is 32.2. The number of hydrogen-bond donors (Lipinski definition) is 0. The van der Waals surface area contributed by atoms with Crippen molar-refractivity contribution in [2.24, 2.45) is 0 Å². The summed E-state index contributed by atoms with van der Waals surface area (Å²) in [5, 5.41) is -1.23. The van der Waals surface area contributed by atoms with Gasteiger partial charge in [0.05, 0.1) is 17.8 Å². The summed E-state index contributed by atoms with van der Waals surface area (Å²) >= 11 is 0. The number of sulfone groups is 1. The van der Waals surface area contributed by atoms with E-state index in [1.807, 2.05) is 0 Å². The van der Waals surface area contributed by atoms with Crippen molar-refractivity contribution in [2.75, 3.05) is 6.61 Å². The van der Waals surface area contributed by atoms with Crippen molar-refractivity contribution in [3.63, 3.8) is 0 Å². The van der Waals surface area contributed by atoms with E-state index in [0.29, 0.717) is 5.76 Å². The average Bonchev–Trinajstić information content (AvgIpc) is 3.01. The summed E-state index contributed by atoms with van der Waals surface area (Å²) in [7, 11) is -3.75. The third kappa shape index (κ3) is 3.16. The van der Waals surface area contributed by atoms with Crippen LogP contribution in [0.15, 0.2) is 52.0 Å². The SMILES string of the molecule is CCOC(=O)C(C)S(=O)(=O)c1ccc(-c2ccco2)cc1. The summed E-state index contributed by atoms with van der Waals surface area (Å²) in [6.07, 6.45) is 1.54. The van der Waals surface area contributed by atoms with Crippen LogP contribution in [0.25, 0.3) is 11.3 Å². The van der Waals surface area contributed by atoms with Gasteiger partial charge in [-0.15, -0.1) is 0 Å². The van der Waals surface area contributed by atoms with Crippen LogP contribution in [0.5, 0.6) is 0 Å². The normalized spacial score (nSPS) is 12.9. The van der Waals surface area contributed by atoms with E-state index in [2.05, 4.69) is 0 Å². The molecular weight excluding hydrogens is 292 g/mol. The van der Waals surface area contributed by atoms with E-state index in [0.717, 1.165) is 5.56 Å². The molecule has 0 saturated carbocycles. The first-order valence-corrected chi connectivity index (χ1v) is 8.06. The number of carbonyl (C=O) groups excluding carboxylic acids is 1. The molecule has 0 amide bonds. The Morgan fingerprint density at radius 3 is 2.43 bits per heavy atom. The van der Waals surface area contributed by atoms with Crippen molar-refractivity contribution >= 4 is 15.8 Å². The Kier molecular flexibility index (Phi) is 4.47. The van der Waals surface area contributed by atoms with E-state index in [9.17, 15) is 13.2 Å². The minimum atomic E-state index is -3.75. The fraction of sp³-hybridized carbons (Fsp3) is 0.267. The minimum absolute atomic E-state index is 0.0818. The lowest BCUT2D eigenvalue weighted by molar-refractivity contribution is -0.142. The van der Waals surface area contributed by atoms with Gasteiger partial charge in [0.15, 0.2) is 15.1 Å². The summed E-state index contributed by atoms with van der Waals surface area (Å²) in [5.41, 5.74) is 0.766. The smallest absolute Gasteiger partial charge is 0.324 e. The second kappa shape index (κ2) is 6.13. The van der Waals surface area contributed by atoms with Gasteiger partial charge in [-0.3, -0.25) is 4.79 Å². The van der Waals surface area contributed by atoms with Gasteiger partial charge in [-0.2, -0.15) is 0 Å². The molecule has 21 heavy (non-hydrogen) atoms. The van der Waals surface area contributed by atoms with E-state index in [1.165, 1.54) is 19.1 Å². The highest BCUT2D eigenvalue weighted by molar-refractivity contribution is 7.92. The van der Waals surface area contributed by atoms with Gasteiger partial charge >= 0.3 is 5.97 Å². The largest absolute Gasteiger partial charge is 0.465 e. The maximum absolute atomic E-state index is 12.3. The number of esters is 1. The fourth-order valence-electron chi connectivity index (χ4n) is 1.84. The molecular formula is C15H16O5S. The zero-order valence-corrected chi connectivity index (χ0v) is 12.6. The van der Waals surface area contributed by atoms with Crippen LogP contribution in [0.3, 0.4) is 0 Å². The first-order valence-electron chi connectivity index (χ1n) is 6.51. The van der Waals surface area contributed by atoms with Crippen LogP contribution >= 0.6 is 0 Å². The molecule has 2 aromatic rings. The molecule has 0 fully saturated rings. The molecule has 0 bridgehead atoms. The second-order valence-corrected chi connectivity index (χ2v) is 6.71. The van der Waals surface area contributed by atoms with Crippen LogP contribution in [0.2, 0.25) is 0 Å². The van der Waals surface area contributed by atoms with Crippen molar-refractivity contribution in [1.29, 1.82) is 0 Å². The Morgan fingerprint density at radius 2 is 1.90 bits per heavy atom. The van der Waals surface area contributed by atoms with Gasteiger partial charge in [-0.05, 0) is 50.2 Å². The number of carbonyl (C=O) groups is 1. The van der Waals surface area contributed by atoms with Crippen molar-refractivity contribution in [2.45, 2.75) is 24.0 Å². The highest BCUT2D eigenvalue weighted by Gasteiger charge is 2.30. The predicted molar refractivity (Wildman–Crippen MR) is 77.4 cm³/mol. The molecule has 0 aliphatic carbocycles. The van der Waals surface area contributed by atoms with Crippen molar-refractivity contribution in [3.05, 3.63) is 42.7 Å². The molecule has 0 aliphatic heterocycles. The molecule has 112 valence electrons. The Labute approximate surface area is 123 Å². The first-order chi connectivity index (χ1) is 9.96. The summed E-state index contributed by atoms with van der Waals surface area (Å²) < 4.78 is 34.6. The van der Waals surface area contributed by atoms with Crippen LogP contribution in [0, 0.1) is 0 Å². The molecule has 1 unspecified atom stereocenters. The Balaban J connectivity index is 2.27. The van der Waals surface area contributed by atoms with Crippen LogP contribution in [-0.4, -0.2) is 26.2 Å². The highest BCUT2D eigenvalue weighted by Crippen LogP contribution is 2.23. The van der Waals surface area contributed by atoms with Gasteiger partial charge in [0, 0.05) is 5.56 Å². The zero-order valence-electron chi connectivity index (χ0n) is 11.8. The Hall–Kier alpha value is -2.08. The van der Waals surface area contributed by atoms with Gasteiger partial charge in [-0.1, -0.05) is 0 Å². The number of rotatable bonds is 5. The monoisotopic (exact) mass is 308 g/mol. The molecule has 6 heteroatoms. The summed E-state index contributed by atoms with van der Waals surface area (Å²) in [6, 6.07) is 9.74. The lowest BCUT2D eigenvalue weighted by atomic mass is 10.2. The lowest BCUT2D eigenvalue weighted by Crippen LogP contribution is -2.29. The van der Waals surface area contributed by atoms with Crippen LogP contribution in [0.4, 0.5) is 0 Å². The molecule has 0 radical (unpaired) electrons. The van der Waals surface area contributed by atoms with E-state index in [-0.39, 0.29) is 11.5 Å². The number of benzene rings is 1. The Morgan fingerprint density at radius 1 is 1.24 bits per heavy atom.